The minimum atomic E-state index is -0.348. The van der Waals surface area contributed by atoms with E-state index in [4.69, 9.17) is 0 Å². The summed E-state index contributed by atoms with van der Waals surface area (Å²) in [6.45, 7) is 0.446. The first kappa shape index (κ1) is 17.3. The number of carbonyl (C=O) groups is 3. The van der Waals surface area contributed by atoms with E-state index in [1.165, 1.54) is 0 Å². The number of likely N-dealkylation sites (N-methyl/N-ethyl adjacent to an activating group) is 2. The van der Waals surface area contributed by atoms with E-state index in [9.17, 15) is 14.4 Å². The van der Waals surface area contributed by atoms with Crippen LogP contribution in [0, 0.1) is 0 Å². The van der Waals surface area contributed by atoms with Gasteiger partial charge in [0.25, 0.3) is 0 Å². The van der Waals surface area contributed by atoms with Gasteiger partial charge in [-0.2, -0.15) is 0 Å². The van der Waals surface area contributed by atoms with E-state index in [1.54, 1.807) is 14.1 Å². The van der Waals surface area contributed by atoms with Crippen molar-refractivity contribution >= 4 is 18.1 Å². The van der Waals surface area contributed by atoms with Crippen LogP contribution < -0.4 is 16.0 Å². The summed E-state index contributed by atoms with van der Waals surface area (Å²) in [5.74, 6) is -0.215. The monoisotopic (exact) mass is 269 g/mol. The predicted molar refractivity (Wildman–Crippen MR) is 73.6 cm³/mol. The van der Waals surface area contributed by atoms with Crippen LogP contribution in [-0.2, 0) is 14.4 Å². The molecule has 6 nitrogen and oxygen atoms in total. The molecule has 0 saturated carbocycles. The SMILES string of the molecule is CNC(=O)C(CCC(=O)NCC=CCCC=O)NC. The molecule has 2 amide bonds. The lowest BCUT2D eigenvalue weighted by molar-refractivity contribution is -0.123. The third-order valence-corrected chi connectivity index (χ3v) is 2.61. The summed E-state index contributed by atoms with van der Waals surface area (Å²) in [7, 11) is 3.25. The van der Waals surface area contributed by atoms with Crippen LogP contribution in [-0.4, -0.2) is 44.8 Å². The van der Waals surface area contributed by atoms with Crippen LogP contribution in [0.3, 0.4) is 0 Å². The van der Waals surface area contributed by atoms with Crippen LogP contribution in [0.2, 0.25) is 0 Å². The highest BCUT2D eigenvalue weighted by molar-refractivity contribution is 5.82. The molecule has 0 rings (SSSR count). The number of carbonyl (C=O) groups excluding carboxylic acids is 3. The van der Waals surface area contributed by atoms with Gasteiger partial charge in [0.15, 0.2) is 0 Å². The van der Waals surface area contributed by atoms with Crippen molar-refractivity contribution in [3.8, 4) is 0 Å². The minimum absolute atomic E-state index is 0.0933. The summed E-state index contributed by atoms with van der Waals surface area (Å²) in [6, 6.07) is -0.348. The quantitative estimate of drug-likeness (QED) is 0.290. The van der Waals surface area contributed by atoms with E-state index in [1.807, 2.05) is 12.2 Å². The summed E-state index contributed by atoms with van der Waals surface area (Å²) in [6.07, 6.45) is 6.47. The van der Waals surface area contributed by atoms with Gasteiger partial charge in [-0.1, -0.05) is 12.2 Å². The van der Waals surface area contributed by atoms with E-state index in [0.717, 1.165) is 6.29 Å². The minimum Gasteiger partial charge on any atom is -0.358 e. The number of unbranched alkanes of at least 4 members (excludes halogenated alkanes) is 1. The maximum atomic E-state index is 11.5. The largest absolute Gasteiger partial charge is 0.358 e. The molecule has 0 spiro atoms. The summed E-state index contributed by atoms with van der Waals surface area (Å²) >= 11 is 0. The second-order valence-corrected chi connectivity index (χ2v) is 4.01. The van der Waals surface area contributed by atoms with Crippen LogP contribution in [0.1, 0.15) is 25.7 Å². The number of allylic oxidation sites excluding steroid dienone is 1. The Morgan fingerprint density at radius 2 is 1.89 bits per heavy atom. The Hall–Kier alpha value is -1.69. The molecule has 1 unspecified atom stereocenters. The van der Waals surface area contributed by atoms with Crippen molar-refractivity contribution in [2.24, 2.45) is 0 Å². The molecule has 0 radical (unpaired) electrons. The van der Waals surface area contributed by atoms with Crippen molar-refractivity contribution in [1.82, 2.24) is 16.0 Å². The normalized spacial score (nSPS) is 12.1. The van der Waals surface area contributed by atoms with Gasteiger partial charge in [-0.3, -0.25) is 9.59 Å². The fourth-order valence-corrected chi connectivity index (χ4v) is 1.48. The molecule has 0 aliphatic carbocycles. The van der Waals surface area contributed by atoms with Crippen LogP contribution >= 0.6 is 0 Å². The molecule has 0 bridgehead atoms. The van der Waals surface area contributed by atoms with Crippen LogP contribution in [0.5, 0.6) is 0 Å². The number of aldehydes is 1. The van der Waals surface area contributed by atoms with Crippen molar-refractivity contribution < 1.29 is 14.4 Å². The molecule has 0 aromatic rings. The Balaban J connectivity index is 3.76. The molecule has 19 heavy (non-hydrogen) atoms. The molecule has 0 fully saturated rings. The van der Waals surface area contributed by atoms with Gasteiger partial charge in [-0.15, -0.1) is 0 Å². The Morgan fingerprint density at radius 1 is 1.16 bits per heavy atom. The molecule has 0 heterocycles. The van der Waals surface area contributed by atoms with E-state index in [0.29, 0.717) is 32.2 Å². The zero-order valence-electron chi connectivity index (χ0n) is 11.6. The second-order valence-electron chi connectivity index (χ2n) is 4.01. The van der Waals surface area contributed by atoms with Crippen LogP contribution in [0.15, 0.2) is 12.2 Å². The van der Waals surface area contributed by atoms with Gasteiger partial charge in [-0.05, 0) is 19.9 Å². The molecule has 0 aromatic carbocycles. The molecule has 0 aromatic heterocycles. The van der Waals surface area contributed by atoms with Crippen LogP contribution in [0.25, 0.3) is 0 Å². The number of hydrogen-bond acceptors (Lipinski definition) is 4. The lowest BCUT2D eigenvalue weighted by Crippen LogP contribution is -2.41. The zero-order chi connectivity index (χ0) is 14.5. The molecular weight excluding hydrogens is 246 g/mol. The van der Waals surface area contributed by atoms with Gasteiger partial charge >= 0.3 is 0 Å². The fraction of sp³-hybridized carbons (Fsp3) is 0.615. The average Bonchev–Trinajstić information content (AvgIpc) is 2.42. The lowest BCUT2D eigenvalue weighted by atomic mass is 10.1. The fourth-order valence-electron chi connectivity index (χ4n) is 1.48. The van der Waals surface area contributed by atoms with Gasteiger partial charge in [0.1, 0.15) is 6.29 Å². The van der Waals surface area contributed by atoms with Crippen LogP contribution in [0.4, 0.5) is 0 Å². The van der Waals surface area contributed by atoms with Crippen molar-refractivity contribution in [3.05, 3.63) is 12.2 Å². The predicted octanol–water partition coefficient (Wildman–Crippen LogP) is -0.248. The Labute approximate surface area is 114 Å². The molecule has 0 aliphatic rings. The van der Waals surface area contributed by atoms with E-state index in [-0.39, 0.29) is 17.9 Å². The Morgan fingerprint density at radius 3 is 2.47 bits per heavy atom. The molecule has 0 aliphatic heterocycles. The molecule has 6 heteroatoms. The molecule has 3 N–H and O–H groups in total. The topological polar surface area (TPSA) is 87.3 Å². The first-order valence-corrected chi connectivity index (χ1v) is 6.39. The first-order chi connectivity index (χ1) is 9.15. The van der Waals surface area contributed by atoms with Crippen molar-refractivity contribution in [1.29, 1.82) is 0 Å². The zero-order valence-corrected chi connectivity index (χ0v) is 11.6. The number of hydrogen-bond donors (Lipinski definition) is 3. The average molecular weight is 269 g/mol. The maximum Gasteiger partial charge on any atom is 0.236 e. The van der Waals surface area contributed by atoms with E-state index in [2.05, 4.69) is 16.0 Å². The Bertz CT molecular complexity index is 316. The highest BCUT2D eigenvalue weighted by Gasteiger charge is 2.15. The van der Waals surface area contributed by atoms with Gasteiger partial charge < -0.3 is 20.7 Å². The first-order valence-electron chi connectivity index (χ1n) is 6.39. The highest BCUT2D eigenvalue weighted by atomic mass is 16.2. The van der Waals surface area contributed by atoms with E-state index >= 15 is 0 Å². The number of nitrogens with one attached hydrogen (secondary N) is 3. The third-order valence-electron chi connectivity index (χ3n) is 2.61. The van der Waals surface area contributed by atoms with Gasteiger partial charge in [0, 0.05) is 26.4 Å². The standard InChI is InChI=1S/C13H23N3O3/c1-14-11(13(19)15-2)7-8-12(18)16-9-5-3-4-6-10-17/h3,5,10-11,14H,4,6-9H2,1-2H3,(H,15,19)(H,16,18). The number of amides is 2. The third kappa shape index (κ3) is 8.96. The summed E-state index contributed by atoms with van der Waals surface area (Å²) in [4.78, 5) is 32.9. The maximum absolute atomic E-state index is 11.5. The van der Waals surface area contributed by atoms with Gasteiger partial charge in [-0.25, -0.2) is 0 Å². The number of rotatable bonds is 10. The summed E-state index contributed by atoms with van der Waals surface area (Å²) in [5, 5.41) is 8.12. The lowest BCUT2D eigenvalue weighted by Gasteiger charge is -2.13. The summed E-state index contributed by atoms with van der Waals surface area (Å²) in [5.41, 5.74) is 0. The highest BCUT2D eigenvalue weighted by Crippen LogP contribution is 1.97. The molecule has 0 saturated heterocycles. The van der Waals surface area contributed by atoms with Crippen molar-refractivity contribution in [2.75, 3.05) is 20.6 Å². The smallest absolute Gasteiger partial charge is 0.236 e. The van der Waals surface area contributed by atoms with E-state index < -0.39 is 0 Å². The van der Waals surface area contributed by atoms with Gasteiger partial charge in [0.2, 0.25) is 11.8 Å². The summed E-state index contributed by atoms with van der Waals surface area (Å²) < 4.78 is 0. The van der Waals surface area contributed by atoms with Crippen molar-refractivity contribution in [2.45, 2.75) is 31.7 Å². The van der Waals surface area contributed by atoms with Gasteiger partial charge in [0.05, 0.1) is 6.04 Å². The molecular formula is C13H23N3O3. The Kier molecular flexibility index (Phi) is 10.4. The second kappa shape index (κ2) is 11.4. The molecule has 108 valence electrons. The van der Waals surface area contributed by atoms with Crippen molar-refractivity contribution in [3.63, 3.8) is 0 Å². The molecule has 1 atom stereocenters.